The van der Waals surface area contributed by atoms with E-state index in [-0.39, 0.29) is 0 Å². The zero-order valence-electron chi connectivity index (χ0n) is 3.75. The summed E-state index contributed by atoms with van der Waals surface area (Å²) in [4.78, 5) is 9.33. The van der Waals surface area contributed by atoms with Crippen molar-refractivity contribution in [1.29, 1.82) is 0 Å². The number of alkyl halides is 3. The summed E-state index contributed by atoms with van der Waals surface area (Å²) < 4.78 is 9.49. The first kappa shape index (κ1) is 7.98. The van der Waals surface area contributed by atoms with Crippen molar-refractivity contribution in [3.05, 3.63) is 0 Å². The topological polar surface area (TPSA) is 29.1 Å². The van der Waals surface area contributed by atoms with Crippen LogP contribution in [0.1, 0.15) is 0 Å². The maximum atomic E-state index is 11.9. The highest BCUT2D eigenvalue weighted by Crippen LogP contribution is 2.20. The first-order chi connectivity index (χ1) is 3.56. The molecular weight excluding hydrogens is 156 g/mol. The van der Waals surface area contributed by atoms with Gasteiger partial charge in [-0.05, 0) is 0 Å². The zero-order chi connectivity index (χ0) is 6.62. The minimum atomic E-state index is -2.38. The third-order valence-electron chi connectivity index (χ3n) is 0.361. The highest BCUT2D eigenvalue weighted by Gasteiger charge is 2.20. The van der Waals surface area contributed by atoms with E-state index < -0.39 is 11.1 Å². The first-order valence-corrected chi connectivity index (χ1v) is 2.48. The highest BCUT2D eigenvalue weighted by molar-refractivity contribution is 6.47. The van der Waals surface area contributed by atoms with Crippen LogP contribution in [0.3, 0.4) is 0 Å². The first-order valence-electron chi connectivity index (χ1n) is 1.73. The van der Waals surface area contributed by atoms with Crippen LogP contribution >= 0.6 is 23.2 Å². The third-order valence-corrected chi connectivity index (χ3v) is 0.628. The summed E-state index contributed by atoms with van der Waals surface area (Å²) in [7, 11) is 0. The van der Waals surface area contributed by atoms with Crippen LogP contribution < -0.4 is 5.32 Å². The van der Waals surface area contributed by atoms with Crippen LogP contribution in [-0.4, -0.2) is 17.5 Å². The van der Waals surface area contributed by atoms with Crippen LogP contribution in [0.15, 0.2) is 0 Å². The Morgan fingerprint density at radius 2 is 2.25 bits per heavy atom. The quantitative estimate of drug-likeness (QED) is 0.477. The summed E-state index contributed by atoms with van der Waals surface area (Å²) in [6.45, 7) is -0.445. The smallest absolute Gasteiger partial charge is 0.309 e. The molecule has 1 amide bonds. The SMILES string of the molecule is O=[C]NCC(F)(Cl)Cl. The summed E-state index contributed by atoms with van der Waals surface area (Å²) in [5.41, 5.74) is 0. The third kappa shape index (κ3) is 5.98. The van der Waals surface area contributed by atoms with Crippen LogP contribution in [0.4, 0.5) is 4.39 Å². The van der Waals surface area contributed by atoms with Crippen molar-refractivity contribution in [2.24, 2.45) is 0 Å². The van der Waals surface area contributed by atoms with Gasteiger partial charge in [-0.3, -0.25) is 4.79 Å². The molecule has 0 aliphatic rings. The van der Waals surface area contributed by atoms with Gasteiger partial charge in [0.1, 0.15) is 0 Å². The number of nitrogens with one attached hydrogen (secondary N) is 1. The van der Waals surface area contributed by atoms with E-state index in [9.17, 15) is 9.18 Å². The minimum Gasteiger partial charge on any atom is -0.342 e. The molecular formula is C3H3Cl2FNO. The van der Waals surface area contributed by atoms with Gasteiger partial charge >= 0.3 is 6.41 Å². The average molecular weight is 159 g/mol. The fourth-order valence-electron chi connectivity index (χ4n) is 0.136. The second-order valence-corrected chi connectivity index (χ2v) is 2.46. The van der Waals surface area contributed by atoms with E-state index in [0.29, 0.717) is 0 Å². The predicted octanol–water partition coefficient (Wildman–Crippen LogP) is 0.744. The molecule has 0 aromatic heterocycles. The van der Waals surface area contributed by atoms with Crippen LogP contribution in [0.2, 0.25) is 0 Å². The largest absolute Gasteiger partial charge is 0.342 e. The van der Waals surface area contributed by atoms with Gasteiger partial charge in [-0.25, -0.2) is 4.39 Å². The highest BCUT2D eigenvalue weighted by atomic mass is 35.5. The Morgan fingerprint density at radius 3 is 2.38 bits per heavy atom. The standard InChI is InChI=1S/C3H3Cl2FNO/c4-3(5,6)1-7-2-8/h1H2,(H,7,8). The normalized spacial score (nSPS) is 10.9. The summed E-state index contributed by atoms with van der Waals surface area (Å²) in [5.74, 6) is 0. The van der Waals surface area contributed by atoms with Crippen molar-refractivity contribution >= 4 is 29.6 Å². The Hall–Kier alpha value is -0.0200. The Morgan fingerprint density at radius 1 is 1.75 bits per heavy atom. The van der Waals surface area contributed by atoms with Gasteiger partial charge in [0.2, 0.25) is 0 Å². The molecule has 0 rings (SSSR count). The molecule has 0 aliphatic heterocycles. The monoisotopic (exact) mass is 158 g/mol. The van der Waals surface area contributed by atoms with E-state index in [1.165, 1.54) is 6.41 Å². The Labute approximate surface area is 56.0 Å². The van der Waals surface area contributed by atoms with Gasteiger partial charge in [0.15, 0.2) is 0 Å². The van der Waals surface area contributed by atoms with Crippen LogP contribution in [0.25, 0.3) is 0 Å². The number of hydrogen-bond donors (Lipinski definition) is 1. The predicted molar refractivity (Wildman–Crippen MR) is 29.2 cm³/mol. The Balaban J connectivity index is 3.24. The molecule has 5 heteroatoms. The van der Waals surface area contributed by atoms with E-state index in [1.807, 2.05) is 5.32 Å². The van der Waals surface area contributed by atoms with E-state index in [2.05, 4.69) is 0 Å². The molecule has 8 heavy (non-hydrogen) atoms. The Bertz CT molecular complexity index is 81.8. The minimum absolute atomic E-state index is 0.445. The Kier molecular flexibility index (Phi) is 3.09. The lowest BCUT2D eigenvalue weighted by Crippen LogP contribution is -2.25. The van der Waals surface area contributed by atoms with Gasteiger partial charge in [-0.1, -0.05) is 23.2 Å². The van der Waals surface area contributed by atoms with Crippen molar-refractivity contribution in [2.45, 2.75) is 4.59 Å². The van der Waals surface area contributed by atoms with Gasteiger partial charge in [0, 0.05) is 0 Å². The van der Waals surface area contributed by atoms with Crippen molar-refractivity contribution in [3.8, 4) is 0 Å². The fourth-order valence-corrected chi connectivity index (χ4v) is 0.270. The molecule has 0 aromatic rings. The van der Waals surface area contributed by atoms with E-state index in [4.69, 9.17) is 23.2 Å². The van der Waals surface area contributed by atoms with Crippen molar-refractivity contribution < 1.29 is 9.18 Å². The number of carbonyl (C=O) groups excluding carboxylic acids is 1. The molecule has 0 saturated heterocycles. The fraction of sp³-hybridized carbons (Fsp3) is 0.667. The molecule has 0 saturated carbocycles. The van der Waals surface area contributed by atoms with Gasteiger partial charge in [-0.2, -0.15) is 0 Å². The van der Waals surface area contributed by atoms with Gasteiger partial charge in [0.25, 0.3) is 4.59 Å². The van der Waals surface area contributed by atoms with Gasteiger partial charge < -0.3 is 5.32 Å². The lowest BCUT2D eigenvalue weighted by atomic mass is 10.7. The molecule has 2 nitrogen and oxygen atoms in total. The summed E-state index contributed by atoms with van der Waals surface area (Å²) >= 11 is 9.54. The molecule has 0 atom stereocenters. The molecule has 0 aliphatic carbocycles. The van der Waals surface area contributed by atoms with Crippen molar-refractivity contribution in [3.63, 3.8) is 0 Å². The summed E-state index contributed by atoms with van der Waals surface area (Å²) in [6, 6.07) is 0. The number of amides is 1. The molecule has 47 valence electrons. The molecule has 0 bridgehead atoms. The molecule has 0 fully saturated rings. The second kappa shape index (κ2) is 3.10. The lowest BCUT2D eigenvalue weighted by Gasteiger charge is -2.04. The zero-order valence-corrected chi connectivity index (χ0v) is 5.26. The summed E-state index contributed by atoms with van der Waals surface area (Å²) in [6.07, 6.45) is 1.22. The van der Waals surface area contributed by atoms with E-state index in [0.717, 1.165) is 0 Å². The van der Waals surface area contributed by atoms with Crippen LogP contribution in [-0.2, 0) is 4.79 Å². The number of hydrogen-bond acceptors (Lipinski definition) is 1. The van der Waals surface area contributed by atoms with Gasteiger partial charge in [0.05, 0.1) is 6.54 Å². The van der Waals surface area contributed by atoms with Gasteiger partial charge in [-0.15, -0.1) is 0 Å². The lowest BCUT2D eigenvalue weighted by molar-refractivity contribution is 0.386. The molecule has 0 spiro atoms. The molecule has 0 heterocycles. The summed E-state index contributed by atoms with van der Waals surface area (Å²) in [5, 5.41) is 1.84. The maximum Gasteiger partial charge on any atom is 0.309 e. The molecule has 0 unspecified atom stereocenters. The molecule has 1 N–H and O–H groups in total. The van der Waals surface area contributed by atoms with Crippen LogP contribution in [0.5, 0.6) is 0 Å². The second-order valence-electron chi connectivity index (χ2n) is 1.07. The van der Waals surface area contributed by atoms with Crippen molar-refractivity contribution in [2.75, 3.05) is 6.54 Å². The van der Waals surface area contributed by atoms with E-state index in [1.54, 1.807) is 0 Å². The number of rotatable bonds is 3. The van der Waals surface area contributed by atoms with E-state index >= 15 is 0 Å². The van der Waals surface area contributed by atoms with Crippen molar-refractivity contribution in [1.82, 2.24) is 5.32 Å². The molecule has 0 aromatic carbocycles. The van der Waals surface area contributed by atoms with Crippen LogP contribution in [0, 0.1) is 0 Å². The number of halogens is 3. The maximum absolute atomic E-state index is 11.9. The average Bonchev–Trinajstić information content (AvgIpc) is 1.59. The molecule has 1 radical (unpaired) electrons.